The quantitative estimate of drug-likeness (QED) is 0.783. The Morgan fingerprint density at radius 2 is 1.85 bits per heavy atom. The van der Waals surface area contributed by atoms with Gasteiger partial charge in [-0.1, -0.05) is 25.8 Å². The van der Waals surface area contributed by atoms with Crippen LogP contribution in [0, 0.1) is 0 Å². The van der Waals surface area contributed by atoms with Crippen LogP contribution in [0.4, 0.5) is 0 Å². The van der Waals surface area contributed by atoms with E-state index in [1.165, 1.54) is 50.8 Å². The predicted octanol–water partition coefficient (Wildman–Crippen LogP) is 4.03. The van der Waals surface area contributed by atoms with E-state index >= 15 is 0 Å². The molecule has 0 N–H and O–H groups in total. The Morgan fingerprint density at radius 1 is 1.15 bits per heavy atom. The van der Waals surface area contributed by atoms with Crippen molar-refractivity contribution in [2.24, 2.45) is 0 Å². The molecule has 0 saturated carbocycles. The van der Waals surface area contributed by atoms with Crippen LogP contribution in [-0.2, 0) is 0 Å². The van der Waals surface area contributed by atoms with Gasteiger partial charge in [0.2, 0.25) is 0 Å². The topological polar surface area (TPSA) is 21.7 Å². The van der Waals surface area contributed by atoms with E-state index in [1.807, 2.05) is 18.2 Å². The Labute approximate surface area is 122 Å². The molecule has 20 heavy (non-hydrogen) atoms. The first-order chi connectivity index (χ1) is 9.81. The maximum absolute atomic E-state index is 5.59. The van der Waals surface area contributed by atoms with Crippen LogP contribution in [0.1, 0.15) is 50.6 Å². The third-order valence-electron chi connectivity index (χ3n) is 4.21. The number of nitrogens with zero attached hydrogens (tertiary/aromatic N) is 1. The summed E-state index contributed by atoms with van der Waals surface area (Å²) in [5, 5.41) is 0. The molecule has 1 atom stereocenters. The average Bonchev–Trinajstić information content (AvgIpc) is 2.52. The molecule has 1 aliphatic rings. The fraction of sp³-hybridized carbons (Fsp3) is 0.647. The smallest absolute Gasteiger partial charge is 0.127 e. The maximum atomic E-state index is 5.59. The molecule has 1 heterocycles. The largest absolute Gasteiger partial charge is 0.496 e. The summed E-state index contributed by atoms with van der Waals surface area (Å²) in [6.45, 7) is 4.61. The van der Waals surface area contributed by atoms with Gasteiger partial charge in [0, 0.05) is 6.04 Å². The molecule has 1 aromatic rings. The lowest BCUT2D eigenvalue weighted by molar-refractivity contribution is 0.141. The van der Waals surface area contributed by atoms with Crippen LogP contribution in [0.5, 0.6) is 11.5 Å². The number of likely N-dealkylation sites (tertiary alicyclic amines) is 1. The van der Waals surface area contributed by atoms with Crippen molar-refractivity contribution in [3.05, 3.63) is 23.8 Å². The maximum Gasteiger partial charge on any atom is 0.127 e. The number of hydrogen-bond acceptors (Lipinski definition) is 3. The molecule has 1 saturated heterocycles. The lowest BCUT2D eigenvalue weighted by Crippen LogP contribution is -2.34. The fourth-order valence-corrected chi connectivity index (χ4v) is 3.16. The predicted molar refractivity (Wildman–Crippen MR) is 82.6 cm³/mol. The average molecular weight is 277 g/mol. The van der Waals surface area contributed by atoms with Crippen molar-refractivity contribution in [3.63, 3.8) is 0 Å². The van der Waals surface area contributed by atoms with Gasteiger partial charge in [-0.05, 0) is 44.5 Å². The summed E-state index contributed by atoms with van der Waals surface area (Å²) in [7, 11) is 3.50. The lowest BCUT2D eigenvalue weighted by atomic mass is 9.93. The van der Waals surface area contributed by atoms with Gasteiger partial charge in [0.1, 0.15) is 11.5 Å². The first-order valence-corrected chi connectivity index (χ1v) is 7.76. The summed E-state index contributed by atoms with van der Waals surface area (Å²) in [4.78, 5) is 2.60. The summed E-state index contributed by atoms with van der Waals surface area (Å²) < 4.78 is 11.2. The van der Waals surface area contributed by atoms with Gasteiger partial charge in [0.25, 0.3) is 0 Å². The van der Waals surface area contributed by atoms with Gasteiger partial charge in [-0.3, -0.25) is 4.90 Å². The third kappa shape index (κ3) is 3.26. The molecule has 0 amide bonds. The molecule has 1 aliphatic heterocycles. The van der Waals surface area contributed by atoms with E-state index in [1.54, 1.807) is 14.2 Å². The fourth-order valence-electron chi connectivity index (χ4n) is 3.16. The Morgan fingerprint density at radius 3 is 2.45 bits per heavy atom. The van der Waals surface area contributed by atoms with E-state index in [4.69, 9.17) is 9.47 Å². The molecule has 0 bridgehead atoms. The van der Waals surface area contributed by atoms with E-state index < -0.39 is 0 Å². The van der Waals surface area contributed by atoms with Gasteiger partial charge < -0.3 is 9.47 Å². The van der Waals surface area contributed by atoms with E-state index in [0.29, 0.717) is 6.04 Å². The second-order valence-electron chi connectivity index (χ2n) is 5.48. The number of ether oxygens (including phenoxy) is 2. The second-order valence-corrected chi connectivity index (χ2v) is 5.48. The number of unbranched alkanes of at least 4 members (excludes halogenated alkanes) is 1. The molecule has 1 fully saturated rings. The number of rotatable bonds is 6. The first-order valence-electron chi connectivity index (χ1n) is 7.76. The standard InChI is InChI=1S/C17H27NO2/c1-4-5-12-18-13-7-6-9-14(18)17-15(19-2)10-8-11-16(17)20-3/h8,10-11,14H,4-7,9,12-13H2,1-3H3/t14-/m1/s1. The number of benzene rings is 1. The van der Waals surface area contributed by atoms with Crippen molar-refractivity contribution in [2.75, 3.05) is 27.3 Å². The first kappa shape index (κ1) is 15.2. The van der Waals surface area contributed by atoms with E-state index in [-0.39, 0.29) is 0 Å². The molecule has 3 heteroatoms. The number of methoxy groups -OCH3 is 2. The SMILES string of the molecule is CCCCN1CCCC[C@@H]1c1c(OC)cccc1OC. The highest BCUT2D eigenvalue weighted by atomic mass is 16.5. The van der Waals surface area contributed by atoms with Crippen LogP contribution in [0.2, 0.25) is 0 Å². The highest BCUT2D eigenvalue weighted by Crippen LogP contribution is 2.41. The minimum Gasteiger partial charge on any atom is -0.496 e. The Balaban J connectivity index is 2.30. The summed E-state index contributed by atoms with van der Waals surface area (Å²) in [6.07, 6.45) is 6.28. The number of hydrogen-bond donors (Lipinski definition) is 0. The summed E-state index contributed by atoms with van der Waals surface area (Å²) in [6, 6.07) is 6.52. The van der Waals surface area contributed by atoms with Crippen LogP contribution >= 0.6 is 0 Å². The van der Waals surface area contributed by atoms with Crippen molar-refractivity contribution < 1.29 is 9.47 Å². The Kier molecular flexibility index (Phi) is 5.72. The lowest BCUT2D eigenvalue weighted by Gasteiger charge is -2.37. The highest BCUT2D eigenvalue weighted by molar-refractivity contribution is 5.47. The van der Waals surface area contributed by atoms with Gasteiger partial charge in [0.15, 0.2) is 0 Å². The molecule has 112 valence electrons. The van der Waals surface area contributed by atoms with Gasteiger partial charge in [-0.25, -0.2) is 0 Å². The van der Waals surface area contributed by atoms with Crippen LogP contribution in [-0.4, -0.2) is 32.2 Å². The van der Waals surface area contributed by atoms with E-state index in [0.717, 1.165) is 11.5 Å². The van der Waals surface area contributed by atoms with Crippen molar-refractivity contribution in [1.82, 2.24) is 4.90 Å². The molecule has 0 aromatic heterocycles. The molecule has 2 rings (SSSR count). The van der Waals surface area contributed by atoms with Crippen molar-refractivity contribution in [2.45, 2.75) is 45.1 Å². The monoisotopic (exact) mass is 277 g/mol. The van der Waals surface area contributed by atoms with Gasteiger partial charge >= 0.3 is 0 Å². The minimum absolute atomic E-state index is 0.432. The molecule has 0 radical (unpaired) electrons. The summed E-state index contributed by atoms with van der Waals surface area (Å²) in [5.74, 6) is 1.91. The number of piperidine rings is 1. The molecular formula is C17H27NO2. The van der Waals surface area contributed by atoms with E-state index in [9.17, 15) is 0 Å². The summed E-state index contributed by atoms with van der Waals surface area (Å²) >= 11 is 0. The Bertz CT molecular complexity index is 397. The van der Waals surface area contributed by atoms with Crippen LogP contribution in [0.25, 0.3) is 0 Å². The van der Waals surface area contributed by atoms with Crippen molar-refractivity contribution >= 4 is 0 Å². The zero-order valence-electron chi connectivity index (χ0n) is 13.0. The molecule has 0 unspecified atom stereocenters. The van der Waals surface area contributed by atoms with Crippen LogP contribution < -0.4 is 9.47 Å². The zero-order chi connectivity index (χ0) is 14.4. The van der Waals surface area contributed by atoms with Crippen LogP contribution in [0.3, 0.4) is 0 Å². The highest BCUT2D eigenvalue weighted by Gasteiger charge is 2.28. The minimum atomic E-state index is 0.432. The van der Waals surface area contributed by atoms with Gasteiger partial charge in [-0.2, -0.15) is 0 Å². The second kappa shape index (κ2) is 7.53. The van der Waals surface area contributed by atoms with Gasteiger partial charge in [-0.15, -0.1) is 0 Å². The van der Waals surface area contributed by atoms with E-state index in [2.05, 4.69) is 11.8 Å². The molecule has 0 aliphatic carbocycles. The molecule has 0 spiro atoms. The Hall–Kier alpha value is -1.22. The van der Waals surface area contributed by atoms with Crippen molar-refractivity contribution in [3.8, 4) is 11.5 Å². The van der Waals surface area contributed by atoms with Gasteiger partial charge in [0.05, 0.1) is 19.8 Å². The third-order valence-corrected chi connectivity index (χ3v) is 4.21. The molecular weight excluding hydrogens is 250 g/mol. The normalized spacial score (nSPS) is 19.9. The van der Waals surface area contributed by atoms with Crippen LogP contribution in [0.15, 0.2) is 18.2 Å². The zero-order valence-corrected chi connectivity index (χ0v) is 13.0. The molecule has 1 aromatic carbocycles. The van der Waals surface area contributed by atoms with Crippen molar-refractivity contribution in [1.29, 1.82) is 0 Å². The summed E-state index contributed by atoms with van der Waals surface area (Å²) in [5.41, 5.74) is 1.23. The molecule has 3 nitrogen and oxygen atoms in total.